The molecule has 1 aromatic carbocycles. The van der Waals surface area contributed by atoms with E-state index >= 15 is 0 Å². The Morgan fingerprint density at radius 3 is 2.95 bits per heavy atom. The molecule has 0 spiro atoms. The van der Waals surface area contributed by atoms with Gasteiger partial charge in [0, 0.05) is 23.2 Å². The van der Waals surface area contributed by atoms with Crippen molar-refractivity contribution in [2.75, 3.05) is 19.8 Å². The summed E-state index contributed by atoms with van der Waals surface area (Å²) in [5, 5.41) is 13.9. The van der Waals surface area contributed by atoms with Crippen molar-refractivity contribution in [3.05, 3.63) is 36.5 Å². The molecule has 1 atom stereocenters. The van der Waals surface area contributed by atoms with Crippen molar-refractivity contribution in [1.29, 1.82) is 0 Å². The van der Waals surface area contributed by atoms with E-state index in [9.17, 15) is 5.11 Å². The van der Waals surface area contributed by atoms with Gasteiger partial charge in [-0.15, -0.1) is 0 Å². The van der Waals surface area contributed by atoms with Crippen LogP contribution in [-0.4, -0.2) is 35.4 Å². The zero-order valence-corrected chi connectivity index (χ0v) is 12.8. The number of benzene rings is 1. The van der Waals surface area contributed by atoms with E-state index in [4.69, 9.17) is 4.74 Å². The molecule has 2 N–H and O–H groups in total. The van der Waals surface area contributed by atoms with E-state index in [0.717, 1.165) is 36.0 Å². The van der Waals surface area contributed by atoms with Crippen LogP contribution in [0.2, 0.25) is 0 Å². The summed E-state index contributed by atoms with van der Waals surface area (Å²) in [6, 6.07) is 9.92. The molecule has 0 amide bonds. The van der Waals surface area contributed by atoms with Gasteiger partial charge in [0.1, 0.15) is 5.75 Å². The molecule has 1 unspecified atom stereocenters. The van der Waals surface area contributed by atoms with Gasteiger partial charge in [-0.3, -0.25) is 4.98 Å². The smallest absolute Gasteiger partial charge is 0.121 e. The Labute approximate surface area is 126 Å². The number of hydrogen-bond donors (Lipinski definition) is 2. The van der Waals surface area contributed by atoms with Gasteiger partial charge in [-0.1, -0.05) is 13.0 Å². The van der Waals surface area contributed by atoms with E-state index in [-0.39, 0.29) is 12.1 Å². The summed E-state index contributed by atoms with van der Waals surface area (Å²) in [5.41, 5.74) is 0.728. The van der Waals surface area contributed by atoms with Gasteiger partial charge in [0.25, 0.3) is 0 Å². The highest BCUT2D eigenvalue weighted by Gasteiger charge is 2.20. The van der Waals surface area contributed by atoms with Crippen LogP contribution in [0.4, 0.5) is 0 Å². The van der Waals surface area contributed by atoms with Crippen molar-refractivity contribution in [3.63, 3.8) is 0 Å². The van der Waals surface area contributed by atoms with E-state index in [0.29, 0.717) is 6.61 Å². The Bertz CT molecular complexity index is 573. The summed E-state index contributed by atoms with van der Waals surface area (Å²) in [7, 11) is 0. The zero-order chi connectivity index (χ0) is 15.1. The molecular weight excluding hydrogens is 264 g/mol. The van der Waals surface area contributed by atoms with Gasteiger partial charge < -0.3 is 15.2 Å². The fraction of sp³-hybridized carbons (Fsp3) is 0.471. The molecule has 21 heavy (non-hydrogen) atoms. The van der Waals surface area contributed by atoms with Crippen LogP contribution < -0.4 is 10.1 Å². The second-order valence-electron chi connectivity index (χ2n) is 5.56. The van der Waals surface area contributed by atoms with Crippen molar-refractivity contribution in [2.24, 2.45) is 0 Å². The zero-order valence-electron chi connectivity index (χ0n) is 12.8. The van der Waals surface area contributed by atoms with Gasteiger partial charge in [0.2, 0.25) is 0 Å². The monoisotopic (exact) mass is 288 g/mol. The lowest BCUT2D eigenvalue weighted by atomic mass is 9.97. The highest BCUT2D eigenvalue weighted by Crippen LogP contribution is 2.19. The Kier molecular flexibility index (Phi) is 5.53. The van der Waals surface area contributed by atoms with Crippen molar-refractivity contribution < 1.29 is 9.84 Å². The van der Waals surface area contributed by atoms with Crippen LogP contribution in [0.15, 0.2) is 36.5 Å². The van der Waals surface area contributed by atoms with Crippen molar-refractivity contribution in [3.8, 4) is 5.75 Å². The van der Waals surface area contributed by atoms with Gasteiger partial charge >= 0.3 is 0 Å². The fourth-order valence-corrected chi connectivity index (χ4v) is 2.44. The molecule has 0 aliphatic rings. The molecule has 1 heterocycles. The predicted octanol–water partition coefficient (Wildman–Crippen LogP) is 2.75. The summed E-state index contributed by atoms with van der Waals surface area (Å²) >= 11 is 0. The molecule has 0 aliphatic heterocycles. The first-order chi connectivity index (χ1) is 10.2. The van der Waals surface area contributed by atoms with Crippen LogP contribution >= 0.6 is 0 Å². The Balaban J connectivity index is 1.84. The van der Waals surface area contributed by atoms with Crippen molar-refractivity contribution >= 4 is 10.9 Å². The number of aliphatic hydroxyl groups excluding tert-OH is 1. The van der Waals surface area contributed by atoms with Gasteiger partial charge in [-0.2, -0.15) is 0 Å². The molecule has 0 radical (unpaired) electrons. The van der Waals surface area contributed by atoms with E-state index in [1.165, 1.54) is 0 Å². The molecule has 2 rings (SSSR count). The van der Waals surface area contributed by atoms with E-state index < -0.39 is 0 Å². The average molecular weight is 288 g/mol. The maximum Gasteiger partial charge on any atom is 0.121 e. The van der Waals surface area contributed by atoms with Gasteiger partial charge in [0.15, 0.2) is 0 Å². The minimum absolute atomic E-state index is 0.140. The molecule has 0 aliphatic carbocycles. The third-order valence-electron chi connectivity index (χ3n) is 3.67. The maximum absolute atomic E-state index is 9.44. The molecule has 1 aromatic heterocycles. The average Bonchev–Trinajstić information content (AvgIpc) is 2.52. The standard InChI is InChI=1S/C17H24N2O2/c1-3-19-17(2,13-20)9-5-11-21-15-8-7-14-6-4-10-18-16(14)12-15/h4,6-8,10,12,19-20H,3,5,9,11,13H2,1-2H3. The first-order valence-electron chi connectivity index (χ1n) is 7.50. The van der Waals surface area contributed by atoms with E-state index in [1.807, 2.05) is 44.2 Å². The first-order valence-corrected chi connectivity index (χ1v) is 7.50. The minimum Gasteiger partial charge on any atom is -0.494 e. The van der Waals surface area contributed by atoms with Gasteiger partial charge in [0.05, 0.1) is 18.7 Å². The number of hydrogen-bond acceptors (Lipinski definition) is 4. The Morgan fingerprint density at radius 1 is 1.33 bits per heavy atom. The van der Waals surface area contributed by atoms with Crippen molar-refractivity contribution in [2.45, 2.75) is 32.2 Å². The Hall–Kier alpha value is -1.65. The van der Waals surface area contributed by atoms with Crippen LogP contribution in [0.3, 0.4) is 0 Å². The molecular formula is C17H24N2O2. The van der Waals surface area contributed by atoms with Crippen LogP contribution in [0.1, 0.15) is 26.7 Å². The maximum atomic E-state index is 9.44. The number of fused-ring (bicyclic) bond motifs is 1. The van der Waals surface area contributed by atoms with Gasteiger partial charge in [-0.05, 0) is 44.5 Å². The Morgan fingerprint density at radius 2 is 2.19 bits per heavy atom. The molecule has 0 saturated carbocycles. The molecule has 114 valence electrons. The summed E-state index contributed by atoms with van der Waals surface area (Å²) in [5.74, 6) is 0.843. The molecule has 0 fully saturated rings. The summed E-state index contributed by atoms with van der Waals surface area (Å²) in [6.07, 6.45) is 3.56. The number of ether oxygens (including phenoxy) is 1. The second-order valence-corrected chi connectivity index (χ2v) is 5.56. The number of rotatable bonds is 8. The highest BCUT2D eigenvalue weighted by atomic mass is 16.5. The van der Waals surface area contributed by atoms with E-state index in [1.54, 1.807) is 6.20 Å². The number of nitrogens with one attached hydrogen (secondary N) is 1. The normalized spacial score (nSPS) is 14.0. The lowest BCUT2D eigenvalue weighted by molar-refractivity contribution is 0.158. The SMILES string of the molecule is CCNC(C)(CO)CCCOc1ccc2cccnc2c1. The number of likely N-dealkylation sites (N-methyl/N-ethyl adjacent to an activating group) is 1. The summed E-state index contributed by atoms with van der Waals surface area (Å²) in [4.78, 5) is 4.32. The third kappa shape index (κ3) is 4.41. The first kappa shape index (κ1) is 15.7. The number of nitrogens with zero attached hydrogens (tertiary/aromatic N) is 1. The predicted molar refractivity (Wildman–Crippen MR) is 85.6 cm³/mol. The quantitative estimate of drug-likeness (QED) is 0.733. The largest absolute Gasteiger partial charge is 0.494 e. The third-order valence-corrected chi connectivity index (χ3v) is 3.67. The second kappa shape index (κ2) is 7.38. The number of pyridine rings is 1. The molecule has 2 aromatic rings. The van der Waals surface area contributed by atoms with Crippen LogP contribution in [0.25, 0.3) is 10.9 Å². The topological polar surface area (TPSA) is 54.4 Å². The lowest BCUT2D eigenvalue weighted by Crippen LogP contribution is -2.45. The molecule has 0 saturated heterocycles. The van der Waals surface area contributed by atoms with Gasteiger partial charge in [-0.25, -0.2) is 0 Å². The van der Waals surface area contributed by atoms with Crippen molar-refractivity contribution in [1.82, 2.24) is 10.3 Å². The number of aliphatic hydroxyl groups is 1. The minimum atomic E-state index is -0.219. The van der Waals surface area contributed by atoms with Crippen LogP contribution in [-0.2, 0) is 0 Å². The molecule has 4 heteroatoms. The summed E-state index contributed by atoms with van der Waals surface area (Å²) in [6.45, 7) is 5.72. The van der Waals surface area contributed by atoms with E-state index in [2.05, 4.69) is 10.3 Å². The summed E-state index contributed by atoms with van der Waals surface area (Å²) < 4.78 is 5.78. The molecule has 4 nitrogen and oxygen atoms in total. The fourth-order valence-electron chi connectivity index (χ4n) is 2.44. The van der Waals surface area contributed by atoms with Crippen LogP contribution in [0.5, 0.6) is 5.75 Å². The molecule has 0 bridgehead atoms. The highest BCUT2D eigenvalue weighted by molar-refractivity contribution is 5.79. The van der Waals surface area contributed by atoms with Crippen LogP contribution in [0, 0.1) is 0 Å². The number of aromatic nitrogens is 1. The lowest BCUT2D eigenvalue weighted by Gasteiger charge is -2.28.